The molecule has 1 atom stereocenters. The van der Waals surface area contributed by atoms with E-state index in [1.54, 1.807) is 91.9 Å². The van der Waals surface area contributed by atoms with Crippen LogP contribution in [0.2, 0.25) is 0 Å². The molecule has 9 nitrogen and oxygen atoms in total. The summed E-state index contributed by atoms with van der Waals surface area (Å²) in [5.41, 5.74) is 15.8. The molecule has 0 radical (unpaired) electrons. The number of benzene rings is 3. The largest absolute Gasteiger partial charge is 0.399 e. The highest BCUT2D eigenvalue weighted by Gasteiger charge is 2.28. The van der Waals surface area contributed by atoms with Crippen LogP contribution in [0, 0.1) is 0 Å². The Bertz CT molecular complexity index is 1490. The van der Waals surface area contributed by atoms with Crippen LogP contribution in [0.25, 0.3) is 10.4 Å². The first kappa shape index (κ1) is 28.3. The number of nitrogen functional groups attached to an aromatic ring is 2. The number of amides is 3. The van der Waals surface area contributed by atoms with Gasteiger partial charge in [-0.2, -0.15) is 0 Å². The first-order chi connectivity index (χ1) is 19.1. The molecule has 4 rings (SSSR count). The third-order valence-electron chi connectivity index (χ3n) is 6.18. The van der Waals surface area contributed by atoms with E-state index in [0.29, 0.717) is 34.0 Å². The number of thiophene rings is 1. The van der Waals surface area contributed by atoms with Gasteiger partial charge in [-0.15, -0.1) is 11.3 Å². The van der Waals surface area contributed by atoms with Crippen molar-refractivity contribution in [2.45, 2.75) is 13.0 Å². The summed E-state index contributed by atoms with van der Waals surface area (Å²) < 4.78 is 0. The summed E-state index contributed by atoms with van der Waals surface area (Å²) in [4.78, 5) is 43.6. The number of rotatable bonds is 9. The molecule has 0 aliphatic carbocycles. The molecule has 0 saturated carbocycles. The lowest BCUT2D eigenvalue weighted by molar-refractivity contribution is -0.123. The molecular weight excluding hydrogens is 524 g/mol. The van der Waals surface area contributed by atoms with E-state index in [1.807, 2.05) is 29.6 Å². The standard InChI is InChI=1S/C30H32N6O3S/c1-19(29(38)33-23-11-9-22(31)10-12-23)36(28(37)18-35(2)3)24-13-6-20(7-14-24)30(39)34-26-17-21(8-15-25(26)32)27-5-4-16-40-27/h4-17,19H,18,31-32H2,1-3H3,(H,33,38)(H,34,39). The van der Waals surface area contributed by atoms with Gasteiger partial charge in [0.2, 0.25) is 11.8 Å². The highest BCUT2D eigenvalue weighted by Crippen LogP contribution is 2.30. The number of hydrogen-bond acceptors (Lipinski definition) is 7. The van der Waals surface area contributed by atoms with Crippen molar-refractivity contribution in [3.05, 3.63) is 89.8 Å². The summed E-state index contributed by atoms with van der Waals surface area (Å²) in [5, 5.41) is 7.69. The molecule has 3 amide bonds. The maximum Gasteiger partial charge on any atom is 0.255 e. The predicted molar refractivity (Wildman–Crippen MR) is 164 cm³/mol. The summed E-state index contributed by atoms with van der Waals surface area (Å²) in [6, 6.07) is 22.0. The maximum atomic E-state index is 13.2. The Morgan fingerprint density at radius 3 is 2.23 bits per heavy atom. The Labute approximate surface area is 237 Å². The molecule has 40 heavy (non-hydrogen) atoms. The van der Waals surface area contributed by atoms with Crippen LogP contribution in [0.1, 0.15) is 17.3 Å². The van der Waals surface area contributed by atoms with Crippen LogP contribution in [0.5, 0.6) is 0 Å². The fraction of sp³-hybridized carbons (Fsp3) is 0.167. The molecule has 3 aromatic carbocycles. The monoisotopic (exact) mass is 556 g/mol. The molecule has 1 unspecified atom stereocenters. The summed E-state index contributed by atoms with van der Waals surface area (Å²) in [6.07, 6.45) is 0. The number of anilines is 5. The Hall–Kier alpha value is -4.67. The lowest BCUT2D eigenvalue weighted by atomic mass is 10.1. The van der Waals surface area contributed by atoms with Crippen molar-refractivity contribution in [3.8, 4) is 10.4 Å². The first-order valence-corrected chi connectivity index (χ1v) is 13.5. The fourth-order valence-corrected chi connectivity index (χ4v) is 4.81. The molecule has 6 N–H and O–H groups in total. The van der Waals surface area contributed by atoms with Gasteiger partial charge in [-0.1, -0.05) is 12.1 Å². The second-order valence-corrected chi connectivity index (χ2v) is 10.5. The van der Waals surface area contributed by atoms with Crippen molar-refractivity contribution in [3.63, 3.8) is 0 Å². The molecule has 0 saturated heterocycles. The minimum Gasteiger partial charge on any atom is -0.399 e. The Morgan fingerprint density at radius 1 is 0.900 bits per heavy atom. The lowest BCUT2D eigenvalue weighted by Gasteiger charge is -2.30. The van der Waals surface area contributed by atoms with Gasteiger partial charge in [0.15, 0.2) is 0 Å². The molecule has 0 aliphatic rings. The molecule has 10 heteroatoms. The number of carbonyl (C=O) groups is 3. The smallest absolute Gasteiger partial charge is 0.255 e. The fourth-order valence-electron chi connectivity index (χ4n) is 4.09. The summed E-state index contributed by atoms with van der Waals surface area (Å²) >= 11 is 1.60. The van der Waals surface area contributed by atoms with Crippen molar-refractivity contribution in [2.75, 3.05) is 47.6 Å². The van der Waals surface area contributed by atoms with E-state index < -0.39 is 6.04 Å². The normalized spacial score (nSPS) is 11.6. The zero-order chi connectivity index (χ0) is 28.8. The van der Waals surface area contributed by atoms with Crippen molar-refractivity contribution in [1.82, 2.24) is 4.90 Å². The molecule has 1 heterocycles. The second-order valence-electron chi connectivity index (χ2n) is 9.57. The van der Waals surface area contributed by atoms with Crippen molar-refractivity contribution < 1.29 is 14.4 Å². The van der Waals surface area contributed by atoms with Gasteiger partial charge in [-0.25, -0.2) is 0 Å². The van der Waals surface area contributed by atoms with Crippen LogP contribution < -0.4 is 27.0 Å². The number of nitrogens with two attached hydrogens (primary N) is 2. The number of hydrogen-bond donors (Lipinski definition) is 4. The molecule has 0 fully saturated rings. The maximum absolute atomic E-state index is 13.2. The Balaban J connectivity index is 1.53. The molecule has 1 aromatic heterocycles. The minimum absolute atomic E-state index is 0.0988. The van der Waals surface area contributed by atoms with Crippen LogP contribution in [0.15, 0.2) is 84.2 Å². The highest BCUT2D eigenvalue weighted by atomic mass is 32.1. The summed E-state index contributed by atoms with van der Waals surface area (Å²) in [6.45, 7) is 1.76. The predicted octanol–water partition coefficient (Wildman–Crippen LogP) is 4.75. The average molecular weight is 557 g/mol. The number of likely N-dealkylation sites (N-methyl/N-ethyl adjacent to an activating group) is 1. The van der Waals surface area contributed by atoms with Crippen LogP contribution in [0.3, 0.4) is 0 Å². The van der Waals surface area contributed by atoms with E-state index in [2.05, 4.69) is 10.6 Å². The second kappa shape index (κ2) is 12.5. The van der Waals surface area contributed by atoms with E-state index in [-0.39, 0.29) is 24.3 Å². The van der Waals surface area contributed by atoms with Gasteiger partial charge in [0.1, 0.15) is 6.04 Å². The Morgan fingerprint density at radius 2 is 1.60 bits per heavy atom. The van der Waals surface area contributed by atoms with Crippen LogP contribution >= 0.6 is 11.3 Å². The lowest BCUT2D eigenvalue weighted by Crippen LogP contribution is -2.48. The molecule has 0 bridgehead atoms. The SMILES string of the molecule is CC(C(=O)Nc1ccc(N)cc1)N(C(=O)CN(C)C)c1ccc(C(=O)Nc2cc(-c3cccs3)ccc2N)cc1. The highest BCUT2D eigenvalue weighted by molar-refractivity contribution is 7.13. The van der Waals surface area contributed by atoms with Crippen LogP contribution in [-0.2, 0) is 9.59 Å². The van der Waals surface area contributed by atoms with Crippen molar-refractivity contribution in [1.29, 1.82) is 0 Å². The number of nitrogens with one attached hydrogen (secondary N) is 2. The summed E-state index contributed by atoms with van der Waals surface area (Å²) in [7, 11) is 3.56. The molecular formula is C30H32N6O3S. The minimum atomic E-state index is -0.829. The van der Waals surface area contributed by atoms with Gasteiger partial charge in [0.05, 0.1) is 17.9 Å². The van der Waals surface area contributed by atoms with Crippen molar-refractivity contribution >= 4 is 57.5 Å². The zero-order valence-electron chi connectivity index (χ0n) is 22.5. The van der Waals surface area contributed by atoms with E-state index in [9.17, 15) is 14.4 Å². The zero-order valence-corrected chi connectivity index (χ0v) is 23.4. The average Bonchev–Trinajstić information content (AvgIpc) is 3.46. The van der Waals surface area contributed by atoms with E-state index >= 15 is 0 Å². The molecule has 206 valence electrons. The van der Waals surface area contributed by atoms with Crippen LogP contribution in [-0.4, -0.2) is 49.3 Å². The van der Waals surface area contributed by atoms with Gasteiger partial charge in [-0.05, 0) is 98.7 Å². The number of nitrogens with zero attached hydrogens (tertiary/aromatic N) is 2. The number of carbonyl (C=O) groups excluding carboxylic acids is 3. The van der Waals surface area contributed by atoms with E-state index in [4.69, 9.17) is 11.5 Å². The van der Waals surface area contributed by atoms with Gasteiger partial charge in [0, 0.05) is 27.5 Å². The molecule has 4 aromatic rings. The van der Waals surface area contributed by atoms with Crippen LogP contribution in [0.4, 0.5) is 28.4 Å². The van der Waals surface area contributed by atoms with E-state index in [1.165, 1.54) is 4.90 Å². The topological polar surface area (TPSA) is 134 Å². The van der Waals surface area contributed by atoms with Gasteiger partial charge in [0.25, 0.3) is 5.91 Å². The van der Waals surface area contributed by atoms with Gasteiger partial charge in [-0.3, -0.25) is 19.3 Å². The Kier molecular flexibility index (Phi) is 8.83. The quantitative estimate of drug-likeness (QED) is 0.220. The van der Waals surface area contributed by atoms with Crippen molar-refractivity contribution in [2.24, 2.45) is 0 Å². The first-order valence-electron chi connectivity index (χ1n) is 12.6. The molecule has 0 aliphatic heterocycles. The summed E-state index contributed by atoms with van der Waals surface area (Å²) in [5.74, 6) is -0.970. The third kappa shape index (κ3) is 6.85. The third-order valence-corrected chi connectivity index (χ3v) is 7.10. The molecule has 0 spiro atoms. The van der Waals surface area contributed by atoms with Gasteiger partial charge < -0.3 is 27.0 Å². The van der Waals surface area contributed by atoms with E-state index in [0.717, 1.165) is 10.4 Å². The van der Waals surface area contributed by atoms with Gasteiger partial charge >= 0.3 is 0 Å².